The number of esters is 1. The Bertz CT molecular complexity index is 973. The molecule has 5 heteroatoms. The van der Waals surface area contributed by atoms with Crippen LogP contribution in [0.4, 0.5) is 0 Å². The zero-order chi connectivity index (χ0) is 18.0. The Morgan fingerprint density at radius 3 is 2.60 bits per heavy atom. The summed E-state index contributed by atoms with van der Waals surface area (Å²) in [4.78, 5) is 23.9. The normalized spacial score (nSPS) is 12.1. The van der Waals surface area contributed by atoms with Crippen LogP contribution >= 0.6 is 0 Å². The lowest BCUT2D eigenvalue weighted by atomic mass is 10.0. The fourth-order valence-electron chi connectivity index (χ4n) is 2.64. The van der Waals surface area contributed by atoms with E-state index in [-0.39, 0.29) is 6.61 Å². The van der Waals surface area contributed by atoms with Crippen molar-refractivity contribution in [2.24, 2.45) is 0 Å². The minimum atomic E-state index is -1.36. The highest BCUT2D eigenvalue weighted by Gasteiger charge is 2.19. The average molecular weight is 338 g/mol. The average Bonchev–Trinajstić information content (AvgIpc) is 2.63. The van der Waals surface area contributed by atoms with E-state index < -0.39 is 17.7 Å². The monoisotopic (exact) mass is 338 g/mol. The van der Waals surface area contributed by atoms with E-state index >= 15 is 0 Å². The molecule has 0 aliphatic heterocycles. The molecule has 5 nitrogen and oxygen atoms in total. The molecule has 0 saturated heterocycles. The summed E-state index contributed by atoms with van der Waals surface area (Å²) in [6, 6.07) is 13.6. The van der Waals surface area contributed by atoms with E-state index in [0.717, 1.165) is 11.1 Å². The molecule has 1 heterocycles. The number of hydrogen-bond acceptors (Lipinski definition) is 5. The molecule has 1 N–H and O–H groups in total. The molecular weight excluding hydrogens is 320 g/mol. The maximum atomic E-state index is 12.1. The predicted octanol–water partition coefficient (Wildman–Crippen LogP) is 3.19. The Hall–Kier alpha value is -2.92. The molecule has 1 aromatic heterocycles. The Morgan fingerprint density at radius 1 is 1.16 bits per heavy atom. The van der Waals surface area contributed by atoms with Crippen LogP contribution in [0.15, 0.2) is 57.7 Å². The third kappa shape index (κ3) is 3.46. The highest BCUT2D eigenvalue weighted by molar-refractivity contribution is 5.84. The van der Waals surface area contributed by atoms with Crippen LogP contribution in [0.1, 0.15) is 28.4 Å². The van der Waals surface area contributed by atoms with E-state index in [1.807, 2.05) is 26.0 Å². The van der Waals surface area contributed by atoms with Gasteiger partial charge in [0.25, 0.3) is 0 Å². The molecule has 0 bridgehead atoms. The van der Waals surface area contributed by atoms with Gasteiger partial charge in [-0.3, -0.25) is 0 Å². The number of aliphatic hydroxyl groups excluding tert-OH is 1. The van der Waals surface area contributed by atoms with E-state index in [9.17, 15) is 14.7 Å². The predicted molar refractivity (Wildman–Crippen MR) is 93.2 cm³/mol. The highest BCUT2D eigenvalue weighted by atomic mass is 16.5. The minimum Gasteiger partial charge on any atom is -0.459 e. The number of carbonyl (C=O) groups excluding carboxylic acids is 1. The number of fused-ring (bicyclic) bond motifs is 1. The maximum Gasteiger partial charge on any atom is 0.339 e. The lowest BCUT2D eigenvalue weighted by molar-refractivity contribution is -0.155. The molecule has 0 amide bonds. The zero-order valence-corrected chi connectivity index (χ0v) is 14.0. The number of ether oxygens (including phenoxy) is 1. The van der Waals surface area contributed by atoms with Crippen LogP contribution < -0.4 is 5.63 Å². The second kappa shape index (κ2) is 6.91. The van der Waals surface area contributed by atoms with Crippen molar-refractivity contribution in [3.8, 4) is 0 Å². The molecule has 0 fully saturated rings. The standard InChI is InChI=1S/C20H18O5/c1-12-8-9-16-15(10-17(21)25-19(16)13(12)2)11-24-20(23)18(22)14-6-4-3-5-7-14/h3-10,18,22H,11H2,1-2H3/t18-/m1/s1. The summed E-state index contributed by atoms with van der Waals surface area (Å²) in [5.74, 6) is -0.767. The molecule has 1 atom stereocenters. The smallest absolute Gasteiger partial charge is 0.339 e. The third-order valence-corrected chi connectivity index (χ3v) is 4.23. The van der Waals surface area contributed by atoms with Gasteiger partial charge >= 0.3 is 11.6 Å². The topological polar surface area (TPSA) is 76.7 Å². The Labute approximate surface area is 144 Å². The number of hydrogen-bond donors (Lipinski definition) is 1. The number of aliphatic hydroxyl groups is 1. The third-order valence-electron chi connectivity index (χ3n) is 4.23. The van der Waals surface area contributed by atoms with Gasteiger partial charge in [-0.05, 0) is 30.5 Å². The zero-order valence-electron chi connectivity index (χ0n) is 14.0. The van der Waals surface area contributed by atoms with Crippen molar-refractivity contribution in [2.75, 3.05) is 0 Å². The van der Waals surface area contributed by atoms with Crippen molar-refractivity contribution in [1.29, 1.82) is 0 Å². The van der Waals surface area contributed by atoms with Gasteiger partial charge in [-0.1, -0.05) is 42.5 Å². The largest absolute Gasteiger partial charge is 0.459 e. The summed E-state index contributed by atoms with van der Waals surface area (Å²) in [5.41, 5.74) is 2.86. The molecule has 0 aliphatic rings. The van der Waals surface area contributed by atoms with Gasteiger partial charge < -0.3 is 14.3 Å². The SMILES string of the molecule is Cc1ccc2c(COC(=O)[C@H](O)c3ccccc3)cc(=O)oc2c1C. The van der Waals surface area contributed by atoms with Gasteiger partial charge in [0.05, 0.1) is 0 Å². The molecule has 0 unspecified atom stereocenters. The van der Waals surface area contributed by atoms with E-state index in [1.54, 1.807) is 30.3 Å². The van der Waals surface area contributed by atoms with Crippen molar-refractivity contribution >= 4 is 16.9 Å². The molecule has 25 heavy (non-hydrogen) atoms. The number of benzene rings is 2. The molecule has 0 aliphatic carbocycles. The summed E-state index contributed by atoms with van der Waals surface area (Å²) >= 11 is 0. The fourth-order valence-corrected chi connectivity index (χ4v) is 2.64. The molecule has 0 saturated carbocycles. The van der Waals surface area contributed by atoms with Crippen molar-refractivity contribution < 1.29 is 19.1 Å². The summed E-state index contributed by atoms with van der Waals surface area (Å²) in [5, 5.41) is 10.8. The van der Waals surface area contributed by atoms with Gasteiger partial charge in [0.1, 0.15) is 12.2 Å². The summed E-state index contributed by atoms with van der Waals surface area (Å²) in [6.07, 6.45) is -1.36. The minimum absolute atomic E-state index is 0.118. The fraction of sp³-hybridized carbons (Fsp3) is 0.200. The molecule has 128 valence electrons. The first kappa shape index (κ1) is 16.9. The van der Waals surface area contributed by atoms with Crippen LogP contribution in [0.5, 0.6) is 0 Å². The van der Waals surface area contributed by atoms with Crippen molar-refractivity contribution in [1.82, 2.24) is 0 Å². The van der Waals surface area contributed by atoms with E-state index in [1.165, 1.54) is 6.07 Å². The first-order valence-electron chi connectivity index (χ1n) is 7.90. The van der Waals surface area contributed by atoms with Gasteiger partial charge in [-0.2, -0.15) is 0 Å². The highest BCUT2D eigenvalue weighted by Crippen LogP contribution is 2.24. The van der Waals surface area contributed by atoms with Crippen LogP contribution in [0, 0.1) is 13.8 Å². The summed E-state index contributed by atoms with van der Waals surface area (Å²) in [6.45, 7) is 3.68. The molecular formula is C20H18O5. The van der Waals surface area contributed by atoms with Gasteiger partial charge in [0.15, 0.2) is 6.10 Å². The van der Waals surface area contributed by atoms with E-state index in [4.69, 9.17) is 9.15 Å². The van der Waals surface area contributed by atoms with Crippen LogP contribution in [0.2, 0.25) is 0 Å². The molecule has 0 radical (unpaired) electrons. The molecule has 0 spiro atoms. The maximum absolute atomic E-state index is 12.1. The van der Waals surface area contributed by atoms with Gasteiger partial charge in [-0.25, -0.2) is 9.59 Å². The summed E-state index contributed by atoms with van der Waals surface area (Å²) in [7, 11) is 0. The first-order chi connectivity index (χ1) is 12.0. The van der Waals surface area contributed by atoms with Crippen molar-refractivity contribution in [3.05, 3.63) is 81.2 Å². The van der Waals surface area contributed by atoms with Crippen molar-refractivity contribution in [2.45, 2.75) is 26.6 Å². The number of carbonyl (C=O) groups is 1. The second-order valence-corrected chi connectivity index (χ2v) is 5.90. The number of rotatable bonds is 4. The van der Waals surface area contributed by atoms with Crippen LogP contribution in [-0.2, 0) is 16.1 Å². The van der Waals surface area contributed by atoms with Gasteiger partial charge in [-0.15, -0.1) is 0 Å². The Balaban J connectivity index is 1.85. The first-order valence-corrected chi connectivity index (χ1v) is 7.90. The summed E-state index contributed by atoms with van der Waals surface area (Å²) < 4.78 is 10.5. The van der Waals surface area contributed by atoms with Crippen LogP contribution in [0.25, 0.3) is 11.0 Å². The quantitative estimate of drug-likeness (QED) is 0.584. The van der Waals surface area contributed by atoms with Gasteiger partial charge in [0, 0.05) is 17.0 Å². The lowest BCUT2D eigenvalue weighted by Gasteiger charge is -2.12. The van der Waals surface area contributed by atoms with Crippen LogP contribution in [0.3, 0.4) is 0 Å². The van der Waals surface area contributed by atoms with E-state index in [2.05, 4.69) is 0 Å². The lowest BCUT2D eigenvalue weighted by Crippen LogP contribution is -2.16. The molecule has 3 rings (SSSR count). The molecule has 2 aromatic carbocycles. The number of aryl methyl sites for hydroxylation is 2. The molecule has 3 aromatic rings. The Morgan fingerprint density at radius 2 is 1.88 bits per heavy atom. The van der Waals surface area contributed by atoms with E-state index in [0.29, 0.717) is 22.1 Å². The van der Waals surface area contributed by atoms with Crippen LogP contribution in [-0.4, -0.2) is 11.1 Å². The second-order valence-electron chi connectivity index (χ2n) is 5.90. The van der Waals surface area contributed by atoms with Gasteiger partial charge in [0.2, 0.25) is 0 Å². The van der Waals surface area contributed by atoms with Crippen molar-refractivity contribution in [3.63, 3.8) is 0 Å². The Kier molecular flexibility index (Phi) is 4.67.